The zero-order valence-corrected chi connectivity index (χ0v) is 13.5. The van der Waals surface area contributed by atoms with E-state index < -0.39 is 12.2 Å². The molecule has 6 atom stereocenters. The van der Waals surface area contributed by atoms with Crippen LogP contribution in [0.4, 0.5) is 0 Å². The molecular formula is C19H26O3. The predicted molar refractivity (Wildman–Crippen MR) is 85.0 cm³/mol. The van der Waals surface area contributed by atoms with Crippen molar-refractivity contribution in [2.24, 2.45) is 17.3 Å². The Morgan fingerprint density at radius 3 is 2.82 bits per heavy atom. The molecule has 0 aromatic heterocycles. The maximum Gasteiger partial charge on any atom is 0.119 e. The average Bonchev–Trinajstić information content (AvgIpc) is 2.77. The summed E-state index contributed by atoms with van der Waals surface area (Å²) in [7, 11) is 1.72. The van der Waals surface area contributed by atoms with E-state index in [0.717, 1.165) is 31.4 Å². The zero-order chi connectivity index (χ0) is 15.5. The minimum absolute atomic E-state index is 0.0927. The maximum atomic E-state index is 10.4. The second kappa shape index (κ2) is 4.97. The maximum absolute atomic E-state index is 10.4. The monoisotopic (exact) mass is 302 g/mol. The van der Waals surface area contributed by atoms with E-state index in [-0.39, 0.29) is 5.41 Å². The molecule has 0 spiro atoms. The molecular weight excluding hydrogens is 276 g/mol. The van der Waals surface area contributed by atoms with Crippen LogP contribution in [0.1, 0.15) is 49.7 Å². The van der Waals surface area contributed by atoms with Crippen molar-refractivity contribution in [1.29, 1.82) is 0 Å². The highest BCUT2D eigenvalue weighted by Crippen LogP contribution is 2.60. The molecule has 0 amide bonds. The largest absolute Gasteiger partial charge is 0.497 e. The minimum Gasteiger partial charge on any atom is -0.497 e. The zero-order valence-electron chi connectivity index (χ0n) is 13.5. The second-order valence-corrected chi connectivity index (χ2v) is 7.77. The van der Waals surface area contributed by atoms with Gasteiger partial charge in [0.25, 0.3) is 0 Å². The molecule has 0 aliphatic heterocycles. The number of hydrogen-bond acceptors (Lipinski definition) is 3. The topological polar surface area (TPSA) is 49.7 Å². The number of aryl methyl sites for hydroxylation is 1. The van der Waals surface area contributed by atoms with Crippen molar-refractivity contribution in [3.63, 3.8) is 0 Å². The second-order valence-electron chi connectivity index (χ2n) is 7.77. The Morgan fingerprint density at radius 1 is 1.23 bits per heavy atom. The third-order valence-corrected chi connectivity index (χ3v) is 6.91. The number of methoxy groups -OCH3 is 1. The van der Waals surface area contributed by atoms with Gasteiger partial charge in [-0.15, -0.1) is 0 Å². The van der Waals surface area contributed by atoms with E-state index in [0.29, 0.717) is 17.8 Å². The molecule has 0 unspecified atom stereocenters. The van der Waals surface area contributed by atoms with E-state index in [1.165, 1.54) is 17.5 Å². The van der Waals surface area contributed by atoms with Crippen molar-refractivity contribution < 1.29 is 14.9 Å². The third kappa shape index (κ3) is 1.88. The first kappa shape index (κ1) is 14.5. The van der Waals surface area contributed by atoms with Crippen LogP contribution in [0.25, 0.3) is 0 Å². The van der Waals surface area contributed by atoms with Gasteiger partial charge in [-0.2, -0.15) is 0 Å². The fourth-order valence-electron chi connectivity index (χ4n) is 5.67. The van der Waals surface area contributed by atoms with Crippen LogP contribution in [0, 0.1) is 17.3 Å². The Labute approximate surface area is 132 Å². The number of aliphatic hydroxyl groups is 2. The molecule has 1 aromatic rings. The van der Waals surface area contributed by atoms with Crippen LogP contribution in [-0.2, 0) is 6.42 Å². The van der Waals surface area contributed by atoms with Gasteiger partial charge in [0.2, 0.25) is 0 Å². The molecule has 0 saturated heterocycles. The highest BCUT2D eigenvalue weighted by molar-refractivity contribution is 5.40. The fourth-order valence-corrected chi connectivity index (χ4v) is 5.67. The first-order valence-electron chi connectivity index (χ1n) is 8.57. The Morgan fingerprint density at radius 2 is 2.05 bits per heavy atom. The number of aliphatic hydroxyl groups excluding tert-OH is 2. The number of fused-ring (bicyclic) bond motifs is 5. The van der Waals surface area contributed by atoms with Gasteiger partial charge in [0.15, 0.2) is 0 Å². The van der Waals surface area contributed by atoms with Crippen LogP contribution in [0.15, 0.2) is 18.2 Å². The number of rotatable bonds is 1. The highest BCUT2D eigenvalue weighted by Gasteiger charge is 2.57. The summed E-state index contributed by atoms with van der Waals surface area (Å²) in [6, 6.07) is 6.51. The quantitative estimate of drug-likeness (QED) is 0.838. The summed E-state index contributed by atoms with van der Waals surface area (Å²) < 4.78 is 5.36. The smallest absolute Gasteiger partial charge is 0.119 e. The third-order valence-electron chi connectivity index (χ3n) is 6.91. The molecule has 2 saturated carbocycles. The van der Waals surface area contributed by atoms with Crippen LogP contribution in [0.5, 0.6) is 5.75 Å². The summed E-state index contributed by atoms with van der Waals surface area (Å²) in [6.07, 6.45) is 4.09. The van der Waals surface area contributed by atoms with E-state index in [9.17, 15) is 10.2 Å². The van der Waals surface area contributed by atoms with Crippen LogP contribution >= 0.6 is 0 Å². The molecule has 22 heavy (non-hydrogen) atoms. The lowest BCUT2D eigenvalue weighted by atomic mass is 9.55. The van der Waals surface area contributed by atoms with Gasteiger partial charge in [-0.1, -0.05) is 13.0 Å². The molecule has 0 bridgehead atoms. The first-order chi connectivity index (χ1) is 10.5. The van der Waals surface area contributed by atoms with Gasteiger partial charge in [-0.05, 0) is 78.5 Å². The van der Waals surface area contributed by atoms with E-state index in [2.05, 4.69) is 25.1 Å². The summed E-state index contributed by atoms with van der Waals surface area (Å²) in [4.78, 5) is 0. The molecule has 2 fully saturated rings. The predicted octanol–water partition coefficient (Wildman–Crippen LogP) is 2.88. The molecule has 2 N–H and O–H groups in total. The molecule has 3 aliphatic carbocycles. The summed E-state index contributed by atoms with van der Waals surface area (Å²) in [5, 5.41) is 20.6. The molecule has 3 nitrogen and oxygen atoms in total. The summed E-state index contributed by atoms with van der Waals surface area (Å²) >= 11 is 0. The van der Waals surface area contributed by atoms with E-state index in [1.54, 1.807) is 7.11 Å². The van der Waals surface area contributed by atoms with Crippen LogP contribution in [0.2, 0.25) is 0 Å². The van der Waals surface area contributed by atoms with Crippen molar-refractivity contribution in [1.82, 2.24) is 0 Å². The Hall–Kier alpha value is -1.06. The molecule has 120 valence electrons. The van der Waals surface area contributed by atoms with E-state index in [1.807, 2.05) is 0 Å². The molecule has 1 aromatic carbocycles. The highest BCUT2D eigenvalue weighted by atomic mass is 16.5. The van der Waals surface area contributed by atoms with Crippen molar-refractivity contribution in [2.45, 2.75) is 57.2 Å². The lowest BCUT2D eigenvalue weighted by molar-refractivity contribution is -0.0505. The van der Waals surface area contributed by atoms with Gasteiger partial charge in [0.05, 0.1) is 19.3 Å². The van der Waals surface area contributed by atoms with Gasteiger partial charge >= 0.3 is 0 Å². The van der Waals surface area contributed by atoms with Crippen LogP contribution in [-0.4, -0.2) is 29.5 Å². The van der Waals surface area contributed by atoms with Gasteiger partial charge in [-0.3, -0.25) is 0 Å². The Bertz CT molecular complexity index is 584. The number of ether oxygens (including phenoxy) is 1. The lowest BCUT2D eigenvalue weighted by Gasteiger charge is -2.49. The van der Waals surface area contributed by atoms with E-state index >= 15 is 0 Å². The van der Waals surface area contributed by atoms with Crippen molar-refractivity contribution >= 4 is 0 Å². The normalized spacial score (nSPS) is 43.2. The molecule has 4 rings (SSSR count). The number of hydrogen-bond donors (Lipinski definition) is 2. The molecule has 3 aliphatic rings. The molecule has 0 heterocycles. The minimum atomic E-state index is -0.546. The summed E-state index contributed by atoms with van der Waals surface area (Å²) in [5.41, 5.74) is 2.82. The number of benzene rings is 1. The van der Waals surface area contributed by atoms with E-state index in [4.69, 9.17) is 4.74 Å². The van der Waals surface area contributed by atoms with Crippen LogP contribution < -0.4 is 4.74 Å². The Balaban J connectivity index is 1.69. The average molecular weight is 302 g/mol. The molecule has 3 heteroatoms. The van der Waals surface area contributed by atoms with Crippen molar-refractivity contribution in [3.8, 4) is 5.75 Å². The van der Waals surface area contributed by atoms with Crippen LogP contribution in [0.3, 0.4) is 0 Å². The van der Waals surface area contributed by atoms with Gasteiger partial charge in [-0.25, -0.2) is 0 Å². The fraction of sp³-hybridized carbons (Fsp3) is 0.684. The van der Waals surface area contributed by atoms with Crippen molar-refractivity contribution in [3.05, 3.63) is 29.3 Å². The standard InChI is InChI=1S/C19H26O3/c1-19-8-7-14-13-6-4-12(22-2)9-11(13)3-5-15(14)16(19)10-17(20)18(19)21/h4,6,9,14-18,20-21H,3,5,7-8,10H2,1-2H3/t14-,15+,16+,17-,18+,19+/m1/s1. The van der Waals surface area contributed by atoms with Gasteiger partial charge < -0.3 is 14.9 Å². The molecule has 0 radical (unpaired) electrons. The summed E-state index contributed by atoms with van der Waals surface area (Å²) in [5.74, 6) is 2.59. The SMILES string of the molecule is COc1ccc2c(c1)CC[C@H]1[C@@H]2CC[C@]2(C)[C@@H](O)[C@H](O)C[C@@H]12. The van der Waals surface area contributed by atoms with Crippen molar-refractivity contribution in [2.75, 3.05) is 7.11 Å². The first-order valence-corrected chi connectivity index (χ1v) is 8.57. The Kier molecular flexibility index (Phi) is 3.28. The summed E-state index contributed by atoms with van der Waals surface area (Å²) in [6.45, 7) is 2.19. The van der Waals surface area contributed by atoms with Gasteiger partial charge in [0, 0.05) is 0 Å². The van der Waals surface area contributed by atoms with Gasteiger partial charge in [0.1, 0.15) is 5.75 Å². The lowest BCUT2D eigenvalue weighted by Crippen LogP contribution is -2.44.